The standard InChI is InChI=1S/C26H28FNO3/c1-3-17-15-19(11-8-12-24(30)31)25(27)21(4-2)22(17)16-20-13-14-23(29)26(28-20)18-9-6-5-7-10-18/h5-7,9-10,13-15,29H,3-4,8,11-12,16H2,1-2H3,(H,30,31). The molecule has 0 amide bonds. The van der Waals surface area contributed by atoms with E-state index in [9.17, 15) is 9.90 Å². The van der Waals surface area contributed by atoms with Gasteiger partial charge in [0.2, 0.25) is 0 Å². The molecule has 0 bridgehead atoms. The first-order valence-corrected chi connectivity index (χ1v) is 10.7. The van der Waals surface area contributed by atoms with Gasteiger partial charge in [-0.25, -0.2) is 9.37 Å². The van der Waals surface area contributed by atoms with Crippen LogP contribution in [0.4, 0.5) is 4.39 Å². The van der Waals surface area contributed by atoms with Crippen molar-refractivity contribution < 1.29 is 19.4 Å². The Balaban J connectivity index is 1.97. The number of nitrogens with zero attached hydrogens (tertiary/aromatic N) is 1. The number of aliphatic carboxylic acids is 1. The Kier molecular flexibility index (Phi) is 7.40. The molecule has 1 aromatic heterocycles. The van der Waals surface area contributed by atoms with Crippen LogP contribution in [0.3, 0.4) is 0 Å². The second kappa shape index (κ2) is 10.2. The van der Waals surface area contributed by atoms with E-state index in [1.807, 2.05) is 50.2 Å². The second-order valence-corrected chi connectivity index (χ2v) is 7.63. The molecule has 0 fully saturated rings. The molecule has 0 saturated carbocycles. The highest BCUT2D eigenvalue weighted by atomic mass is 19.1. The highest BCUT2D eigenvalue weighted by Gasteiger charge is 2.18. The van der Waals surface area contributed by atoms with E-state index in [0.717, 1.165) is 28.8 Å². The number of aromatic hydroxyl groups is 1. The van der Waals surface area contributed by atoms with E-state index in [-0.39, 0.29) is 18.0 Å². The van der Waals surface area contributed by atoms with Crippen molar-refractivity contribution in [2.75, 3.05) is 0 Å². The summed E-state index contributed by atoms with van der Waals surface area (Å²) in [6, 6.07) is 14.8. The van der Waals surface area contributed by atoms with Crippen molar-refractivity contribution in [3.05, 3.63) is 82.3 Å². The quantitative estimate of drug-likeness (QED) is 0.464. The summed E-state index contributed by atoms with van der Waals surface area (Å²) in [5, 5.41) is 19.2. The molecule has 0 unspecified atom stereocenters. The highest BCUT2D eigenvalue weighted by Crippen LogP contribution is 2.30. The van der Waals surface area contributed by atoms with Crippen molar-refractivity contribution >= 4 is 5.97 Å². The molecule has 0 aliphatic carbocycles. The Hall–Kier alpha value is -3.21. The number of hydrogen-bond acceptors (Lipinski definition) is 3. The summed E-state index contributed by atoms with van der Waals surface area (Å²) in [4.78, 5) is 15.5. The van der Waals surface area contributed by atoms with E-state index in [0.29, 0.717) is 42.5 Å². The van der Waals surface area contributed by atoms with Gasteiger partial charge >= 0.3 is 5.97 Å². The third-order valence-electron chi connectivity index (χ3n) is 5.56. The van der Waals surface area contributed by atoms with Gasteiger partial charge in [-0.2, -0.15) is 0 Å². The van der Waals surface area contributed by atoms with E-state index in [2.05, 4.69) is 4.98 Å². The Morgan fingerprint density at radius 1 is 1.00 bits per heavy atom. The van der Waals surface area contributed by atoms with Crippen LogP contribution in [0.1, 0.15) is 54.6 Å². The summed E-state index contributed by atoms with van der Waals surface area (Å²) >= 11 is 0. The van der Waals surface area contributed by atoms with Crippen molar-refractivity contribution in [1.82, 2.24) is 4.98 Å². The first kappa shape index (κ1) is 22.5. The molecule has 0 aliphatic heterocycles. The van der Waals surface area contributed by atoms with Crippen LogP contribution in [0.5, 0.6) is 5.75 Å². The minimum Gasteiger partial charge on any atom is -0.506 e. The Labute approximate surface area is 182 Å². The van der Waals surface area contributed by atoms with Gasteiger partial charge < -0.3 is 10.2 Å². The van der Waals surface area contributed by atoms with E-state index in [1.165, 1.54) is 0 Å². The second-order valence-electron chi connectivity index (χ2n) is 7.63. The molecule has 0 saturated heterocycles. The SMILES string of the molecule is CCc1cc(CCCC(=O)O)c(F)c(CC)c1Cc1ccc(O)c(-c2ccccc2)n1. The van der Waals surface area contributed by atoms with Crippen LogP contribution in [0.2, 0.25) is 0 Å². The highest BCUT2D eigenvalue weighted by molar-refractivity contribution is 5.67. The summed E-state index contributed by atoms with van der Waals surface area (Å²) in [6.45, 7) is 3.97. The fraction of sp³-hybridized carbons (Fsp3) is 0.308. The number of carbonyl (C=O) groups is 1. The summed E-state index contributed by atoms with van der Waals surface area (Å²) in [5.74, 6) is -0.987. The molecule has 0 radical (unpaired) electrons. The summed E-state index contributed by atoms with van der Waals surface area (Å²) in [7, 11) is 0. The number of rotatable bonds is 9. The van der Waals surface area contributed by atoms with Crippen LogP contribution in [0, 0.1) is 5.82 Å². The van der Waals surface area contributed by atoms with Crippen LogP contribution >= 0.6 is 0 Å². The van der Waals surface area contributed by atoms with Gasteiger partial charge in [-0.1, -0.05) is 50.2 Å². The minimum absolute atomic E-state index is 0.0315. The molecule has 162 valence electrons. The van der Waals surface area contributed by atoms with Crippen molar-refractivity contribution in [1.29, 1.82) is 0 Å². The maximum Gasteiger partial charge on any atom is 0.303 e. The van der Waals surface area contributed by atoms with E-state index in [1.54, 1.807) is 12.1 Å². The van der Waals surface area contributed by atoms with Crippen LogP contribution in [0.15, 0.2) is 48.5 Å². The lowest BCUT2D eigenvalue weighted by atomic mass is 9.89. The van der Waals surface area contributed by atoms with Crippen LogP contribution in [0.25, 0.3) is 11.3 Å². The average molecular weight is 422 g/mol. The number of carboxylic acids is 1. The first-order chi connectivity index (χ1) is 14.9. The van der Waals surface area contributed by atoms with Gasteiger partial charge in [-0.15, -0.1) is 0 Å². The molecule has 5 heteroatoms. The minimum atomic E-state index is -0.865. The number of pyridine rings is 1. The van der Waals surface area contributed by atoms with Gasteiger partial charge in [0.05, 0.1) is 0 Å². The number of hydrogen-bond donors (Lipinski definition) is 2. The van der Waals surface area contributed by atoms with Crippen molar-refractivity contribution in [3.63, 3.8) is 0 Å². The van der Waals surface area contributed by atoms with Gasteiger partial charge in [0.25, 0.3) is 0 Å². The zero-order valence-electron chi connectivity index (χ0n) is 18.0. The Bertz CT molecular complexity index is 1060. The van der Waals surface area contributed by atoms with E-state index in [4.69, 9.17) is 5.11 Å². The van der Waals surface area contributed by atoms with Crippen LogP contribution in [-0.4, -0.2) is 21.2 Å². The summed E-state index contributed by atoms with van der Waals surface area (Å²) < 4.78 is 15.3. The molecule has 4 nitrogen and oxygen atoms in total. The number of aromatic nitrogens is 1. The molecule has 31 heavy (non-hydrogen) atoms. The zero-order chi connectivity index (χ0) is 22.4. The topological polar surface area (TPSA) is 70.4 Å². The maximum atomic E-state index is 15.3. The summed E-state index contributed by atoms with van der Waals surface area (Å²) in [5.41, 5.74) is 5.34. The third-order valence-corrected chi connectivity index (χ3v) is 5.56. The van der Waals surface area contributed by atoms with Gasteiger partial charge in [-0.3, -0.25) is 4.79 Å². The average Bonchev–Trinajstić information content (AvgIpc) is 2.77. The van der Waals surface area contributed by atoms with Gasteiger partial charge in [0.1, 0.15) is 17.3 Å². The fourth-order valence-electron chi connectivity index (χ4n) is 3.98. The number of aryl methyl sites for hydroxylation is 2. The normalized spacial score (nSPS) is 10.9. The molecule has 0 aliphatic rings. The predicted molar refractivity (Wildman–Crippen MR) is 120 cm³/mol. The lowest BCUT2D eigenvalue weighted by Gasteiger charge is -2.18. The molecule has 3 aromatic rings. The third kappa shape index (κ3) is 5.29. The molecule has 2 N–H and O–H groups in total. The fourth-order valence-corrected chi connectivity index (χ4v) is 3.98. The molecule has 0 atom stereocenters. The lowest BCUT2D eigenvalue weighted by Crippen LogP contribution is -2.09. The van der Waals surface area contributed by atoms with E-state index < -0.39 is 5.97 Å². The molecular formula is C26H28FNO3. The molecule has 2 aromatic carbocycles. The van der Waals surface area contributed by atoms with Gasteiger partial charge in [0.15, 0.2) is 0 Å². The van der Waals surface area contributed by atoms with E-state index >= 15 is 4.39 Å². The predicted octanol–water partition coefficient (Wildman–Crippen LogP) is 5.72. The van der Waals surface area contributed by atoms with Gasteiger partial charge in [0, 0.05) is 24.1 Å². The Morgan fingerprint density at radius 3 is 2.39 bits per heavy atom. The monoisotopic (exact) mass is 421 g/mol. The molecule has 1 heterocycles. The van der Waals surface area contributed by atoms with Crippen molar-refractivity contribution in [2.45, 2.75) is 52.4 Å². The Morgan fingerprint density at radius 2 is 1.74 bits per heavy atom. The van der Waals surface area contributed by atoms with Crippen molar-refractivity contribution in [2.24, 2.45) is 0 Å². The maximum absolute atomic E-state index is 15.3. The van der Waals surface area contributed by atoms with Crippen molar-refractivity contribution in [3.8, 4) is 17.0 Å². The smallest absolute Gasteiger partial charge is 0.303 e. The number of carboxylic acid groups (broad SMARTS) is 1. The lowest BCUT2D eigenvalue weighted by molar-refractivity contribution is -0.137. The van der Waals surface area contributed by atoms with Gasteiger partial charge in [-0.05, 0) is 60.1 Å². The largest absolute Gasteiger partial charge is 0.506 e. The molecular weight excluding hydrogens is 393 g/mol. The molecule has 0 spiro atoms. The van der Waals surface area contributed by atoms with Crippen LogP contribution < -0.4 is 0 Å². The van der Waals surface area contributed by atoms with Crippen LogP contribution in [-0.2, 0) is 30.5 Å². The number of halogens is 1. The number of benzene rings is 2. The summed E-state index contributed by atoms with van der Waals surface area (Å²) in [6.07, 6.45) is 2.62. The molecule has 3 rings (SSSR count). The first-order valence-electron chi connectivity index (χ1n) is 10.7. The zero-order valence-corrected chi connectivity index (χ0v) is 18.0.